The molecule has 65 heavy (non-hydrogen) atoms. The van der Waals surface area contributed by atoms with E-state index in [-0.39, 0.29) is 23.7 Å². The van der Waals surface area contributed by atoms with E-state index in [0.717, 1.165) is 101 Å². The molecule has 2 unspecified atom stereocenters. The van der Waals surface area contributed by atoms with E-state index >= 15 is 0 Å². The smallest absolute Gasteiger partial charge is 0.407 e. The van der Waals surface area contributed by atoms with E-state index in [1.54, 1.807) is 5.57 Å². The van der Waals surface area contributed by atoms with Gasteiger partial charge in [0.05, 0.1) is 45.7 Å². The summed E-state index contributed by atoms with van der Waals surface area (Å²) in [6.07, 6.45) is 39.5. The van der Waals surface area contributed by atoms with Crippen LogP contribution in [0.4, 0.5) is 4.79 Å². The van der Waals surface area contributed by atoms with Gasteiger partial charge in [0.1, 0.15) is 6.10 Å². The van der Waals surface area contributed by atoms with E-state index in [1.807, 2.05) is 0 Å². The molecule has 8 nitrogen and oxygen atoms in total. The molecule has 4 aliphatic carbocycles. The molecule has 3 saturated carbocycles. The Kier molecular flexibility index (Phi) is 25.3. The van der Waals surface area contributed by atoms with Crippen molar-refractivity contribution in [3.63, 3.8) is 0 Å². The maximum atomic E-state index is 12.9. The Labute approximate surface area is 400 Å². The lowest BCUT2D eigenvalue weighted by Crippen LogP contribution is -2.51. The number of unbranched alkanes of at least 4 members (excludes halogenated alkanes) is 12. The average Bonchev–Trinajstić information content (AvgIpc) is 3.66. The van der Waals surface area contributed by atoms with Crippen molar-refractivity contribution in [2.24, 2.45) is 46.3 Å². The maximum absolute atomic E-state index is 12.9. The monoisotopic (exact) mass is 911 g/mol. The van der Waals surface area contributed by atoms with Gasteiger partial charge >= 0.3 is 6.09 Å². The Balaban J connectivity index is 0.899. The average molecular weight is 911 g/mol. The number of hydrogen-bond donors (Lipinski definition) is 1. The third-order valence-electron chi connectivity index (χ3n) is 17.3. The first-order valence-electron chi connectivity index (χ1n) is 28.0. The van der Waals surface area contributed by atoms with Crippen molar-refractivity contribution in [1.82, 2.24) is 10.2 Å². The highest BCUT2D eigenvalue weighted by atomic mass is 16.6. The van der Waals surface area contributed by atoms with Crippen molar-refractivity contribution in [2.75, 3.05) is 72.4 Å². The van der Waals surface area contributed by atoms with Crippen LogP contribution in [0.25, 0.3) is 0 Å². The summed E-state index contributed by atoms with van der Waals surface area (Å²) in [5.74, 6) is 5.03. The van der Waals surface area contributed by atoms with E-state index in [9.17, 15) is 4.79 Å². The first-order chi connectivity index (χ1) is 31.6. The number of nitrogens with zero attached hydrogens (tertiary/aromatic N) is 1. The largest absolute Gasteiger partial charge is 0.446 e. The number of hydrogen-bond acceptors (Lipinski definition) is 7. The number of rotatable bonds is 33. The summed E-state index contributed by atoms with van der Waals surface area (Å²) in [6, 6.07) is 0. The van der Waals surface area contributed by atoms with Gasteiger partial charge in [-0.3, -0.25) is 4.90 Å². The zero-order valence-electron chi connectivity index (χ0n) is 43.2. The third kappa shape index (κ3) is 18.1. The summed E-state index contributed by atoms with van der Waals surface area (Å²) in [4.78, 5) is 15.3. The summed E-state index contributed by atoms with van der Waals surface area (Å²) in [6.45, 7) is 22.4. The van der Waals surface area contributed by atoms with Crippen LogP contribution in [0.15, 0.2) is 23.8 Å². The first kappa shape index (κ1) is 54.5. The minimum atomic E-state index is -0.315. The van der Waals surface area contributed by atoms with Crippen LogP contribution < -0.4 is 5.32 Å². The van der Waals surface area contributed by atoms with Crippen molar-refractivity contribution < 1.29 is 28.5 Å². The fourth-order valence-corrected chi connectivity index (χ4v) is 13.4. The lowest BCUT2D eigenvalue weighted by molar-refractivity contribution is -0.0622. The van der Waals surface area contributed by atoms with Crippen LogP contribution >= 0.6 is 0 Å². The molecule has 0 spiro atoms. The van der Waals surface area contributed by atoms with Crippen molar-refractivity contribution in [1.29, 1.82) is 0 Å². The summed E-state index contributed by atoms with van der Waals surface area (Å²) in [5, 5.41) is 2.96. The molecule has 0 radical (unpaired) electrons. The number of nitrogens with one attached hydrogen (secondary N) is 1. The molecule has 1 aliphatic heterocycles. The molecule has 0 aromatic carbocycles. The minimum absolute atomic E-state index is 0.00731. The molecule has 1 saturated heterocycles. The molecule has 9 atom stereocenters. The molecule has 0 aromatic heterocycles. The Morgan fingerprint density at radius 1 is 0.800 bits per heavy atom. The standard InChI is InChI=1S/C57H102N2O6/c1-7-8-9-10-11-12-13-14-15-16-17-18-19-20-21-22-37-63-45-50(44-59-35-39-62-40-36-59)64-42-41-61-38-34-58-55(60)65-49-30-32-56(5)48(43-49)26-27-51-53-29-28-52(47(4)25-23-24-46(2)3)57(53,6)33-31-54(51)56/h14-15,26,46-47,49-54H,7-13,16-25,27-45H2,1-6H3,(H,58,60)/b15-14-/t47-,49+,50?,51+,52?,53+,54+,56+,57-/m1/s1. The highest BCUT2D eigenvalue weighted by Crippen LogP contribution is 2.67. The molecule has 1 heterocycles. The number of amides is 1. The van der Waals surface area contributed by atoms with Crippen LogP contribution in [0.2, 0.25) is 0 Å². The second-order valence-electron chi connectivity index (χ2n) is 22.5. The van der Waals surface area contributed by atoms with Gasteiger partial charge in [0.25, 0.3) is 0 Å². The topological polar surface area (TPSA) is 78.5 Å². The van der Waals surface area contributed by atoms with E-state index in [1.165, 1.54) is 135 Å². The number of morpholine rings is 1. The van der Waals surface area contributed by atoms with Crippen LogP contribution in [0.1, 0.15) is 202 Å². The van der Waals surface area contributed by atoms with E-state index in [4.69, 9.17) is 23.7 Å². The molecule has 1 amide bonds. The molecule has 4 fully saturated rings. The highest BCUT2D eigenvalue weighted by Gasteiger charge is 2.59. The molecule has 1 N–H and O–H groups in total. The Hall–Kier alpha value is -1.45. The van der Waals surface area contributed by atoms with Gasteiger partial charge in [0.2, 0.25) is 0 Å². The van der Waals surface area contributed by atoms with Gasteiger partial charge in [0.15, 0.2) is 0 Å². The SMILES string of the molecule is CCCCCCCC/C=C\CCCCCCCCOCC(CN1CCOCC1)OCCOCCNC(=O)O[C@H]1CC[C@@]2(C)C(=CC[C@@H]3[C@@H]2CC[C@]2(C)C([C@H](C)CCCC(C)C)CC[C@@H]32)C1. The molecule has 5 rings (SSSR count). The number of allylic oxidation sites excluding steroid dienone is 3. The predicted octanol–water partition coefficient (Wildman–Crippen LogP) is 13.9. The van der Waals surface area contributed by atoms with Gasteiger partial charge in [0, 0.05) is 39.2 Å². The van der Waals surface area contributed by atoms with Gasteiger partial charge in [-0.25, -0.2) is 4.79 Å². The van der Waals surface area contributed by atoms with Crippen LogP contribution in [0.3, 0.4) is 0 Å². The zero-order chi connectivity index (χ0) is 46.2. The second kappa shape index (κ2) is 30.2. The molecule has 0 bridgehead atoms. The van der Waals surface area contributed by atoms with Gasteiger partial charge in [-0.15, -0.1) is 0 Å². The van der Waals surface area contributed by atoms with Gasteiger partial charge < -0.3 is 29.0 Å². The summed E-state index contributed by atoms with van der Waals surface area (Å²) < 4.78 is 29.9. The van der Waals surface area contributed by atoms with Crippen LogP contribution in [0.5, 0.6) is 0 Å². The fourth-order valence-electron chi connectivity index (χ4n) is 13.4. The number of ether oxygens (including phenoxy) is 5. The quantitative estimate of drug-likeness (QED) is 0.0519. The van der Waals surface area contributed by atoms with Crippen molar-refractivity contribution >= 4 is 6.09 Å². The molecule has 376 valence electrons. The molecule has 8 heteroatoms. The van der Waals surface area contributed by atoms with E-state index in [2.05, 4.69) is 70.0 Å². The lowest BCUT2D eigenvalue weighted by atomic mass is 9.47. The minimum Gasteiger partial charge on any atom is -0.446 e. The van der Waals surface area contributed by atoms with E-state index < -0.39 is 0 Å². The van der Waals surface area contributed by atoms with E-state index in [0.29, 0.717) is 38.4 Å². The van der Waals surface area contributed by atoms with Gasteiger partial charge in [-0.1, -0.05) is 142 Å². The second-order valence-corrected chi connectivity index (χ2v) is 22.5. The Morgan fingerprint density at radius 3 is 2.26 bits per heavy atom. The van der Waals surface area contributed by atoms with Crippen molar-refractivity contribution in [2.45, 2.75) is 214 Å². The predicted molar refractivity (Wildman–Crippen MR) is 269 cm³/mol. The highest BCUT2D eigenvalue weighted by molar-refractivity contribution is 5.67. The number of carbonyl (C=O) groups is 1. The number of fused-ring (bicyclic) bond motifs is 5. The lowest BCUT2D eigenvalue weighted by Gasteiger charge is -2.58. The van der Waals surface area contributed by atoms with Crippen LogP contribution in [-0.2, 0) is 23.7 Å². The molecule has 5 aliphatic rings. The maximum Gasteiger partial charge on any atom is 0.407 e. The van der Waals surface area contributed by atoms with Gasteiger partial charge in [-0.2, -0.15) is 0 Å². The Morgan fingerprint density at radius 2 is 1.52 bits per heavy atom. The number of alkyl carbamates (subject to hydrolysis) is 1. The zero-order valence-corrected chi connectivity index (χ0v) is 43.2. The van der Waals surface area contributed by atoms with Crippen LogP contribution in [0, 0.1) is 46.3 Å². The fraction of sp³-hybridized carbons (Fsp3) is 0.912. The van der Waals surface area contributed by atoms with Crippen LogP contribution in [-0.4, -0.2) is 95.6 Å². The molecule has 0 aromatic rings. The molecular formula is C57H102N2O6. The third-order valence-corrected chi connectivity index (χ3v) is 17.3. The Bertz CT molecular complexity index is 1350. The summed E-state index contributed by atoms with van der Waals surface area (Å²) >= 11 is 0. The summed E-state index contributed by atoms with van der Waals surface area (Å²) in [5.41, 5.74) is 2.34. The first-order valence-corrected chi connectivity index (χ1v) is 28.0. The van der Waals surface area contributed by atoms with Crippen molar-refractivity contribution in [3.05, 3.63) is 23.8 Å². The normalized spacial score (nSPS) is 29.0. The number of carbonyl (C=O) groups excluding carboxylic acids is 1. The van der Waals surface area contributed by atoms with Gasteiger partial charge in [-0.05, 0) is 123 Å². The summed E-state index contributed by atoms with van der Waals surface area (Å²) in [7, 11) is 0. The van der Waals surface area contributed by atoms with Crippen molar-refractivity contribution in [3.8, 4) is 0 Å². The molecular weight excluding hydrogens is 809 g/mol.